The molecule has 86 valence electrons. The molecule has 1 N–H and O–H groups in total. The predicted molar refractivity (Wildman–Crippen MR) is 69.1 cm³/mol. The largest absolute Gasteiger partial charge is 0.313 e. The van der Waals surface area contributed by atoms with Crippen LogP contribution in [0.5, 0.6) is 0 Å². The Morgan fingerprint density at radius 3 is 2.21 bits per heavy atom. The zero-order valence-electron chi connectivity index (χ0n) is 10.5. The Morgan fingerprint density at radius 2 is 1.79 bits per heavy atom. The number of hydrogen-bond acceptors (Lipinski definition) is 2. The van der Waals surface area contributed by atoms with Gasteiger partial charge in [0.25, 0.3) is 0 Å². The molecule has 2 atom stereocenters. The first-order chi connectivity index (χ1) is 6.61. The molecule has 0 spiro atoms. The Morgan fingerprint density at radius 1 is 1.14 bits per heavy atom. The van der Waals surface area contributed by atoms with Crippen molar-refractivity contribution in [2.75, 3.05) is 12.3 Å². The van der Waals surface area contributed by atoms with E-state index in [1.165, 1.54) is 18.6 Å². The number of rotatable bonds is 8. The minimum Gasteiger partial charge on any atom is -0.313 e. The van der Waals surface area contributed by atoms with Crippen LogP contribution in [0.3, 0.4) is 0 Å². The van der Waals surface area contributed by atoms with Crippen LogP contribution in [0.1, 0.15) is 47.5 Å². The Bertz CT molecular complexity index is 125. The average Bonchev–Trinajstić information content (AvgIpc) is 2.12. The van der Waals surface area contributed by atoms with Crippen molar-refractivity contribution in [1.82, 2.24) is 5.32 Å². The minimum atomic E-state index is 0.701. The maximum atomic E-state index is 3.60. The number of hydrogen-bond donors (Lipinski definition) is 1. The molecule has 0 aromatic carbocycles. The first kappa shape index (κ1) is 14.3. The average molecular weight is 217 g/mol. The summed E-state index contributed by atoms with van der Waals surface area (Å²) in [7, 11) is 0. The van der Waals surface area contributed by atoms with Gasteiger partial charge in [0, 0.05) is 11.8 Å². The zero-order chi connectivity index (χ0) is 11.0. The molecular weight excluding hydrogens is 190 g/mol. The highest BCUT2D eigenvalue weighted by Crippen LogP contribution is 2.18. The normalized spacial score (nSPS) is 15.9. The zero-order valence-corrected chi connectivity index (χ0v) is 11.3. The van der Waals surface area contributed by atoms with Crippen molar-refractivity contribution in [3.8, 4) is 0 Å². The molecule has 0 aliphatic carbocycles. The van der Waals surface area contributed by atoms with Crippen molar-refractivity contribution < 1.29 is 0 Å². The fraction of sp³-hybridized carbons (Fsp3) is 1.00. The molecular formula is C12H27NS. The second kappa shape index (κ2) is 8.60. The second-order valence-electron chi connectivity index (χ2n) is 4.31. The van der Waals surface area contributed by atoms with Crippen LogP contribution in [0, 0.1) is 5.92 Å². The topological polar surface area (TPSA) is 12.0 Å². The van der Waals surface area contributed by atoms with Gasteiger partial charge in [-0.05, 0) is 24.1 Å². The number of nitrogens with one attached hydrogen (secondary N) is 1. The molecule has 0 saturated carbocycles. The van der Waals surface area contributed by atoms with Crippen molar-refractivity contribution in [2.45, 2.75) is 58.8 Å². The van der Waals surface area contributed by atoms with Crippen molar-refractivity contribution in [3.05, 3.63) is 0 Å². The molecule has 0 heterocycles. The van der Waals surface area contributed by atoms with E-state index in [4.69, 9.17) is 0 Å². The summed E-state index contributed by atoms with van der Waals surface area (Å²) in [5, 5.41) is 4.36. The van der Waals surface area contributed by atoms with E-state index in [0.29, 0.717) is 6.04 Å². The van der Waals surface area contributed by atoms with E-state index in [9.17, 15) is 0 Å². The Hall–Kier alpha value is 0.310. The SMILES string of the molecule is CCCC(C)C(CSC(C)C)NCC. The summed E-state index contributed by atoms with van der Waals surface area (Å²) in [5.41, 5.74) is 0. The van der Waals surface area contributed by atoms with Gasteiger partial charge in [0.2, 0.25) is 0 Å². The fourth-order valence-electron chi connectivity index (χ4n) is 1.64. The molecule has 14 heavy (non-hydrogen) atoms. The molecule has 0 fully saturated rings. The van der Waals surface area contributed by atoms with Crippen molar-refractivity contribution in [1.29, 1.82) is 0 Å². The minimum absolute atomic E-state index is 0.701. The third kappa shape index (κ3) is 6.72. The Labute approximate surface area is 94.4 Å². The molecule has 0 amide bonds. The smallest absolute Gasteiger partial charge is 0.0183 e. The molecule has 0 rings (SSSR count). The maximum absolute atomic E-state index is 3.60. The molecule has 2 heteroatoms. The van der Waals surface area contributed by atoms with Gasteiger partial charge < -0.3 is 5.32 Å². The maximum Gasteiger partial charge on any atom is 0.0183 e. The van der Waals surface area contributed by atoms with Gasteiger partial charge in [-0.15, -0.1) is 0 Å². The van der Waals surface area contributed by atoms with Gasteiger partial charge in [-0.1, -0.05) is 41.0 Å². The van der Waals surface area contributed by atoms with Gasteiger partial charge in [0.05, 0.1) is 0 Å². The van der Waals surface area contributed by atoms with E-state index in [-0.39, 0.29) is 0 Å². The van der Waals surface area contributed by atoms with Crippen LogP contribution in [-0.4, -0.2) is 23.6 Å². The Balaban J connectivity index is 3.86. The summed E-state index contributed by atoms with van der Waals surface area (Å²) in [6.07, 6.45) is 2.64. The second-order valence-corrected chi connectivity index (χ2v) is 5.92. The van der Waals surface area contributed by atoms with Crippen molar-refractivity contribution in [3.63, 3.8) is 0 Å². The molecule has 0 aliphatic rings. The Kier molecular flexibility index (Phi) is 8.80. The lowest BCUT2D eigenvalue weighted by atomic mass is 9.98. The highest BCUT2D eigenvalue weighted by atomic mass is 32.2. The first-order valence-corrected chi connectivity index (χ1v) is 7.01. The third-order valence-electron chi connectivity index (χ3n) is 2.51. The van der Waals surface area contributed by atoms with Gasteiger partial charge in [-0.3, -0.25) is 0 Å². The molecule has 0 saturated heterocycles. The van der Waals surface area contributed by atoms with Gasteiger partial charge in [-0.25, -0.2) is 0 Å². The molecule has 2 unspecified atom stereocenters. The van der Waals surface area contributed by atoms with Crippen molar-refractivity contribution in [2.24, 2.45) is 5.92 Å². The molecule has 0 aromatic rings. The predicted octanol–water partition coefficient (Wildman–Crippen LogP) is 3.54. The van der Waals surface area contributed by atoms with Crippen LogP contribution in [0.2, 0.25) is 0 Å². The van der Waals surface area contributed by atoms with Crippen LogP contribution in [0.25, 0.3) is 0 Å². The third-order valence-corrected chi connectivity index (χ3v) is 3.72. The lowest BCUT2D eigenvalue weighted by Gasteiger charge is -2.25. The van der Waals surface area contributed by atoms with Gasteiger partial charge in [0.15, 0.2) is 0 Å². The van der Waals surface area contributed by atoms with Crippen LogP contribution < -0.4 is 5.32 Å². The monoisotopic (exact) mass is 217 g/mol. The first-order valence-electron chi connectivity index (χ1n) is 5.96. The highest BCUT2D eigenvalue weighted by Gasteiger charge is 2.15. The van der Waals surface area contributed by atoms with Crippen LogP contribution in [0.15, 0.2) is 0 Å². The molecule has 0 aliphatic heterocycles. The molecule has 0 radical (unpaired) electrons. The lowest BCUT2D eigenvalue weighted by molar-refractivity contribution is 0.388. The van der Waals surface area contributed by atoms with E-state index in [2.05, 4.69) is 51.7 Å². The molecule has 0 bridgehead atoms. The standard InChI is InChI=1S/C12H27NS/c1-6-8-11(5)12(13-7-2)9-14-10(3)4/h10-13H,6-9H2,1-5H3. The quantitative estimate of drug-likeness (QED) is 0.667. The summed E-state index contributed by atoms with van der Waals surface area (Å²) >= 11 is 2.07. The van der Waals surface area contributed by atoms with E-state index < -0.39 is 0 Å². The van der Waals surface area contributed by atoms with E-state index in [1.807, 2.05) is 0 Å². The van der Waals surface area contributed by atoms with Crippen LogP contribution in [0.4, 0.5) is 0 Å². The van der Waals surface area contributed by atoms with Gasteiger partial charge in [-0.2, -0.15) is 11.8 Å². The fourth-order valence-corrected chi connectivity index (χ4v) is 2.68. The van der Waals surface area contributed by atoms with Crippen LogP contribution in [-0.2, 0) is 0 Å². The molecule has 0 aromatic heterocycles. The van der Waals surface area contributed by atoms with E-state index in [0.717, 1.165) is 17.7 Å². The summed E-state index contributed by atoms with van der Waals surface area (Å²) in [5.74, 6) is 2.07. The summed E-state index contributed by atoms with van der Waals surface area (Å²) in [4.78, 5) is 0. The van der Waals surface area contributed by atoms with Gasteiger partial charge >= 0.3 is 0 Å². The van der Waals surface area contributed by atoms with E-state index >= 15 is 0 Å². The van der Waals surface area contributed by atoms with E-state index in [1.54, 1.807) is 0 Å². The van der Waals surface area contributed by atoms with Gasteiger partial charge in [0.1, 0.15) is 0 Å². The van der Waals surface area contributed by atoms with Crippen LogP contribution >= 0.6 is 11.8 Å². The summed E-state index contributed by atoms with van der Waals surface area (Å²) < 4.78 is 0. The highest BCUT2D eigenvalue weighted by molar-refractivity contribution is 7.99. The van der Waals surface area contributed by atoms with Crippen molar-refractivity contribution >= 4 is 11.8 Å². The summed E-state index contributed by atoms with van der Waals surface area (Å²) in [6.45, 7) is 12.5. The summed E-state index contributed by atoms with van der Waals surface area (Å²) in [6, 6.07) is 0.701. The number of thioether (sulfide) groups is 1. The lowest BCUT2D eigenvalue weighted by Crippen LogP contribution is -2.37. The molecule has 1 nitrogen and oxygen atoms in total.